The van der Waals surface area contributed by atoms with Crippen LogP contribution in [0.15, 0.2) is 17.3 Å². The highest BCUT2D eigenvalue weighted by Gasteiger charge is 2.09. The van der Waals surface area contributed by atoms with Gasteiger partial charge in [-0.3, -0.25) is 0 Å². The van der Waals surface area contributed by atoms with Gasteiger partial charge in [0.05, 0.1) is 11.8 Å². The second-order valence-electron chi connectivity index (χ2n) is 2.80. The molecule has 0 bridgehead atoms. The average Bonchev–Trinajstić information content (AvgIpc) is 2.19. The van der Waals surface area contributed by atoms with Crippen molar-refractivity contribution in [3.8, 4) is 6.07 Å². The van der Waals surface area contributed by atoms with Crippen LogP contribution in [0.5, 0.6) is 0 Å². The van der Waals surface area contributed by atoms with E-state index in [4.69, 9.17) is 10.4 Å². The number of aromatic nitrogens is 2. The molecule has 1 N–H and O–H groups in total. The molecule has 1 unspecified atom stereocenters. The molecule has 1 aromatic rings. The van der Waals surface area contributed by atoms with Gasteiger partial charge in [-0.25, -0.2) is 0 Å². The van der Waals surface area contributed by atoms with Crippen molar-refractivity contribution in [1.29, 1.82) is 5.26 Å². The fourth-order valence-electron chi connectivity index (χ4n) is 0.922. The monoisotopic (exact) mass is 209 g/mol. The molecule has 0 fully saturated rings. The van der Waals surface area contributed by atoms with Crippen molar-refractivity contribution in [2.24, 2.45) is 0 Å². The van der Waals surface area contributed by atoms with Crippen molar-refractivity contribution in [2.45, 2.75) is 23.6 Å². The summed E-state index contributed by atoms with van der Waals surface area (Å²) in [5.41, 5.74) is 0.537. The highest BCUT2D eigenvalue weighted by atomic mass is 32.2. The van der Waals surface area contributed by atoms with E-state index in [0.29, 0.717) is 17.0 Å². The van der Waals surface area contributed by atoms with E-state index in [1.54, 1.807) is 6.07 Å². The second kappa shape index (κ2) is 5.58. The number of nitriles is 1. The van der Waals surface area contributed by atoms with E-state index in [1.165, 1.54) is 18.0 Å². The summed E-state index contributed by atoms with van der Waals surface area (Å²) in [5.74, 6) is 0. The molecule has 0 aromatic carbocycles. The van der Waals surface area contributed by atoms with Gasteiger partial charge in [0, 0.05) is 11.9 Å². The average molecular weight is 209 g/mol. The van der Waals surface area contributed by atoms with Gasteiger partial charge in [-0.1, -0.05) is 6.92 Å². The molecule has 1 rings (SSSR count). The van der Waals surface area contributed by atoms with Crippen LogP contribution in [0.1, 0.15) is 18.9 Å². The minimum atomic E-state index is 0.149. The Kier molecular flexibility index (Phi) is 4.36. The molecule has 0 aliphatic heterocycles. The lowest BCUT2D eigenvalue weighted by molar-refractivity contribution is 0.289. The first-order chi connectivity index (χ1) is 6.77. The summed E-state index contributed by atoms with van der Waals surface area (Å²) in [6, 6.07) is 3.70. The zero-order valence-electron chi connectivity index (χ0n) is 7.84. The lowest BCUT2D eigenvalue weighted by atomic mass is 10.3. The Bertz CT molecular complexity index is 337. The van der Waals surface area contributed by atoms with E-state index in [9.17, 15) is 0 Å². The zero-order valence-corrected chi connectivity index (χ0v) is 8.66. The molecule has 74 valence electrons. The highest BCUT2D eigenvalue weighted by Crippen LogP contribution is 2.24. The third-order valence-corrected chi connectivity index (χ3v) is 2.82. The van der Waals surface area contributed by atoms with Crippen molar-refractivity contribution in [1.82, 2.24) is 10.2 Å². The van der Waals surface area contributed by atoms with Gasteiger partial charge in [0.2, 0.25) is 0 Å². The predicted molar refractivity (Wildman–Crippen MR) is 53.8 cm³/mol. The molecular formula is C9H11N3OS. The number of aliphatic hydroxyl groups excluding tert-OH is 1. The Morgan fingerprint density at radius 1 is 1.71 bits per heavy atom. The van der Waals surface area contributed by atoms with E-state index in [0.717, 1.165) is 0 Å². The first-order valence-corrected chi connectivity index (χ1v) is 5.15. The summed E-state index contributed by atoms with van der Waals surface area (Å²) in [5, 5.41) is 26.0. The first-order valence-electron chi connectivity index (χ1n) is 4.27. The Morgan fingerprint density at radius 3 is 3.14 bits per heavy atom. The van der Waals surface area contributed by atoms with Crippen molar-refractivity contribution >= 4 is 11.8 Å². The van der Waals surface area contributed by atoms with Gasteiger partial charge in [0.1, 0.15) is 11.1 Å². The Balaban J connectivity index is 2.71. The van der Waals surface area contributed by atoms with Crippen LogP contribution in [-0.2, 0) is 0 Å². The van der Waals surface area contributed by atoms with Crippen LogP contribution in [0.3, 0.4) is 0 Å². The Morgan fingerprint density at radius 2 is 2.50 bits per heavy atom. The maximum absolute atomic E-state index is 8.78. The third kappa shape index (κ3) is 2.98. The molecule has 1 heterocycles. The molecule has 1 aromatic heterocycles. The summed E-state index contributed by atoms with van der Waals surface area (Å²) in [4.78, 5) is 0. The van der Waals surface area contributed by atoms with Crippen LogP contribution in [0, 0.1) is 11.3 Å². The van der Waals surface area contributed by atoms with Crippen LogP contribution in [-0.4, -0.2) is 27.2 Å². The number of nitrogens with zero attached hydrogens (tertiary/aromatic N) is 3. The van der Waals surface area contributed by atoms with Gasteiger partial charge in [0.15, 0.2) is 0 Å². The molecule has 0 radical (unpaired) electrons. The molecule has 0 saturated carbocycles. The van der Waals surface area contributed by atoms with E-state index >= 15 is 0 Å². The molecule has 0 spiro atoms. The van der Waals surface area contributed by atoms with Gasteiger partial charge >= 0.3 is 0 Å². The van der Waals surface area contributed by atoms with Crippen molar-refractivity contribution in [3.63, 3.8) is 0 Å². The van der Waals surface area contributed by atoms with Gasteiger partial charge in [-0.2, -0.15) is 10.4 Å². The third-order valence-electron chi connectivity index (χ3n) is 1.66. The van der Waals surface area contributed by atoms with Crippen molar-refractivity contribution in [3.05, 3.63) is 17.8 Å². The SMILES string of the molecule is CC(CCO)Sc1nnccc1C#N. The van der Waals surface area contributed by atoms with Crippen molar-refractivity contribution < 1.29 is 5.11 Å². The molecule has 0 saturated heterocycles. The van der Waals surface area contributed by atoms with Gasteiger partial charge in [-0.15, -0.1) is 16.9 Å². The van der Waals surface area contributed by atoms with Gasteiger partial charge in [0.25, 0.3) is 0 Å². The lowest BCUT2D eigenvalue weighted by Gasteiger charge is -2.08. The lowest BCUT2D eigenvalue weighted by Crippen LogP contribution is -2.01. The van der Waals surface area contributed by atoms with Gasteiger partial charge < -0.3 is 5.11 Å². The number of aliphatic hydroxyl groups is 1. The Hall–Kier alpha value is -1.12. The summed E-state index contributed by atoms with van der Waals surface area (Å²) in [6.07, 6.45) is 2.19. The molecule has 0 aliphatic carbocycles. The normalized spacial score (nSPS) is 12.1. The smallest absolute Gasteiger partial charge is 0.137 e. The molecular weight excluding hydrogens is 198 g/mol. The van der Waals surface area contributed by atoms with Crippen LogP contribution in [0.2, 0.25) is 0 Å². The number of rotatable bonds is 4. The largest absolute Gasteiger partial charge is 0.396 e. The van der Waals surface area contributed by atoms with Crippen LogP contribution in [0.4, 0.5) is 0 Å². The molecule has 14 heavy (non-hydrogen) atoms. The summed E-state index contributed by atoms with van der Waals surface area (Å²) in [7, 11) is 0. The minimum Gasteiger partial charge on any atom is -0.396 e. The first kappa shape index (κ1) is 11.0. The maximum atomic E-state index is 8.78. The summed E-state index contributed by atoms with van der Waals surface area (Å²) >= 11 is 1.46. The topological polar surface area (TPSA) is 69.8 Å². The van der Waals surface area contributed by atoms with Crippen LogP contribution in [0.25, 0.3) is 0 Å². The zero-order chi connectivity index (χ0) is 10.4. The van der Waals surface area contributed by atoms with Gasteiger partial charge in [-0.05, 0) is 12.5 Å². The van der Waals surface area contributed by atoms with E-state index in [2.05, 4.69) is 16.3 Å². The van der Waals surface area contributed by atoms with E-state index in [1.807, 2.05) is 6.92 Å². The number of hydrogen-bond donors (Lipinski definition) is 1. The molecule has 1 atom stereocenters. The number of thioether (sulfide) groups is 1. The quantitative estimate of drug-likeness (QED) is 0.755. The summed E-state index contributed by atoms with van der Waals surface area (Å²) < 4.78 is 0. The Labute approximate surface area is 87.0 Å². The summed E-state index contributed by atoms with van der Waals surface area (Å²) in [6.45, 7) is 2.13. The van der Waals surface area contributed by atoms with Crippen LogP contribution < -0.4 is 0 Å². The second-order valence-corrected chi connectivity index (χ2v) is 4.23. The molecule has 0 aliphatic rings. The molecule has 4 nitrogen and oxygen atoms in total. The maximum Gasteiger partial charge on any atom is 0.137 e. The molecule has 5 heteroatoms. The number of hydrogen-bond acceptors (Lipinski definition) is 5. The van der Waals surface area contributed by atoms with E-state index in [-0.39, 0.29) is 11.9 Å². The van der Waals surface area contributed by atoms with E-state index < -0.39 is 0 Å². The minimum absolute atomic E-state index is 0.149. The standard InChI is InChI=1S/C9H11N3OS/c1-7(3-5-13)14-9-8(6-10)2-4-11-12-9/h2,4,7,13H,3,5H2,1H3. The predicted octanol–water partition coefficient (Wildman–Crippen LogP) is 1.21. The van der Waals surface area contributed by atoms with Crippen LogP contribution >= 0.6 is 11.8 Å². The molecule has 0 amide bonds. The van der Waals surface area contributed by atoms with Crippen molar-refractivity contribution in [2.75, 3.05) is 6.61 Å². The fourth-order valence-corrected chi connectivity index (χ4v) is 1.86. The highest BCUT2D eigenvalue weighted by molar-refractivity contribution is 7.99. The fraction of sp³-hybridized carbons (Fsp3) is 0.444.